The number of aliphatic hydroxyl groups excluding tert-OH is 1. The van der Waals surface area contributed by atoms with Gasteiger partial charge in [-0.2, -0.15) is 0 Å². The fraction of sp³-hybridized carbons (Fsp3) is 0.500. The molecule has 1 rings (SSSR count). The van der Waals surface area contributed by atoms with E-state index in [2.05, 4.69) is 37.2 Å². The van der Waals surface area contributed by atoms with Crippen LogP contribution < -0.4 is 10.1 Å². The molecule has 1 unspecified atom stereocenters. The molecule has 0 radical (unpaired) electrons. The molecule has 0 aliphatic carbocycles. The van der Waals surface area contributed by atoms with Crippen LogP contribution in [-0.2, 0) is 6.54 Å². The normalized spacial score (nSPS) is 12.5. The summed E-state index contributed by atoms with van der Waals surface area (Å²) in [6.07, 6.45) is 0.482. The molecular weight excluding hydrogens is 350 g/mol. The van der Waals surface area contributed by atoms with E-state index in [1.807, 2.05) is 12.1 Å². The molecule has 0 saturated heterocycles. The van der Waals surface area contributed by atoms with Crippen molar-refractivity contribution in [3.05, 3.63) is 26.6 Å². The van der Waals surface area contributed by atoms with Crippen molar-refractivity contribution in [1.29, 1.82) is 0 Å². The molecule has 0 aromatic heterocycles. The number of ether oxygens (including phenoxy) is 1. The van der Waals surface area contributed by atoms with Gasteiger partial charge in [-0.15, -0.1) is 0 Å². The molecule has 0 fully saturated rings. The van der Waals surface area contributed by atoms with Crippen molar-refractivity contribution >= 4 is 31.9 Å². The van der Waals surface area contributed by atoms with E-state index in [0.29, 0.717) is 6.54 Å². The van der Waals surface area contributed by atoms with Gasteiger partial charge in [0.05, 0.1) is 17.7 Å². The molecule has 1 aromatic carbocycles. The van der Waals surface area contributed by atoms with E-state index in [9.17, 15) is 0 Å². The second-order valence-electron chi connectivity index (χ2n) is 3.89. The van der Waals surface area contributed by atoms with E-state index in [4.69, 9.17) is 9.84 Å². The number of benzene rings is 1. The van der Waals surface area contributed by atoms with Gasteiger partial charge in [0.15, 0.2) is 0 Å². The molecule has 1 atom stereocenters. The Hall–Kier alpha value is -0.100. The minimum atomic E-state index is -0.265. The van der Waals surface area contributed by atoms with E-state index in [1.165, 1.54) is 0 Å². The average molecular weight is 367 g/mol. The minimum absolute atomic E-state index is 0.265. The van der Waals surface area contributed by atoms with E-state index >= 15 is 0 Å². The van der Waals surface area contributed by atoms with Crippen molar-refractivity contribution in [2.24, 2.45) is 0 Å². The van der Waals surface area contributed by atoms with Crippen LogP contribution in [0.3, 0.4) is 0 Å². The molecule has 2 N–H and O–H groups in total. The maximum atomic E-state index is 9.16. The molecule has 3 nitrogen and oxygen atoms in total. The molecular formula is C12H17Br2NO2. The van der Waals surface area contributed by atoms with Gasteiger partial charge in [0, 0.05) is 16.6 Å². The summed E-state index contributed by atoms with van der Waals surface area (Å²) in [5.41, 5.74) is 1.08. The van der Waals surface area contributed by atoms with Crippen LogP contribution in [-0.4, -0.2) is 24.9 Å². The maximum Gasteiger partial charge on any atom is 0.137 e. The summed E-state index contributed by atoms with van der Waals surface area (Å²) < 4.78 is 7.30. The maximum absolute atomic E-state index is 9.16. The standard InChI is InChI=1S/C12H17Br2NO2/c1-8(16)3-4-15-7-9-5-10(13)6-11(14)12(9)17-2/h5-6,8,15-16H,3-4,7H2,1-2H3. The highest BCUT2D eigenvalue weighted by molar-refractivity contribution is 9.11. The first-order chi connectivity index (χ1) is 8.04. The Morgan fingerprint density at radius 1 is 1.41 bits per heavy atom. The summed E-state index contributed by atoms with van der Waals surface area (Å²) in [6.45, 7) is 3.29. The van der Waals surface area contributed by atoms with Gasteiger partial charge < -0.3 is 15.2 Å². The first kappa shape index (κ1) is 15.0. The van der Waals surface area contributed by atoms with Gasteiger partial charge in [-0.25, -0.2) is 0 Å². The molecule has 0 aliphatic heterocycles. The molecule has 17 heavy (non-hydrogen) atoms. The quantitative estimate of drug-likeness (QED) is 0.760. The Labute approximate surface area is 119 Å². The summed E-state index contributed by atoms with van der Waals surface area (Å²) >= 11 is 6.92. The fourth-order valence-electron chi connectivity index (χ4n) is 1.51. The molecule has 0 amide bonds. The topological polar surface area (TPSA) is 41.5 Å². The zero-order valence-electron chi connectivity index (χ0n) is 9.96. The SMILES string of the molecule is COc1c(Br)cc(Br)cc1CNCCC(C)O. The molecule has 5 heteroatoms. The highest BCUT2D eigenvalue weighted by Crippen LogP contribution is 2.32. The lowest BCUT2D eigenvalue weighted by atomic mass is 10.2. The third-order valence-electron chi connectivity index (χ3n) is 2.34. The van der Waals surface area contributed by atoms with Crippen molar-refractivity contribution in [2.45, 2.75) is 26.0 Å². The zero-order chi connectivity index (χ0) is 12.8. The van der Waals surface area contributed by atoms with E-state index in [-0.39, 0.29) is 6.10 Å². The number of aliphatic hydroxyl groups is 1. The Bertz CT molecular complexity index is 370. The van der Waals surface area contributed by atoms with E-state index in [0.717, 1.165) is 33.2 Å². The Morgan fingerprint density at radius 3 is 2.71 bits per heavy atom. The van der Waals surface area contributed by atoms with Crippen molar-refractivity contribution < 1.29 is 9.84 Å². The van der Waals surface area contributed by atoms with Crippen LogP contribution in [0.5, 0.6) is 5.75 Å². The van der Waals surface area contributed by atoms with Crippen LogP contribution in [0.2, 0.25) is 0 Å². The number of rotatable bonds is 6. The van der Waals surface area contributed by atoms with Gasteiger partial charge in [-0.05, 0) is 48.0 Å². The molecule has 0 saturated carbocycles. The number of methoxy groups -OCH3 is 1. The number of hydrogen-bond donors (Lipinski definition) is 2. The average Bonchev–Trinajstić information content (AvgIpc) is 2.23. The van der Waals surface area contributed by atoms with Crippen LogP contribution in [0.15, 0.2) is 21.1 Å². The van der Waals surface area contributed by atoms with Crippen molar-refractivity contribution in [3.8, 4) is 5.75 Å². The van der Waals surface area contributed by atoms with Crippen molar-refractivity contribution in [3.63, 3.8) is 0 Å². The second-order valence-corrected chi connectivity index (χ2v) is 5.66. The third-order valence-corrected chi connectivity index (χ3v) is 3.39. The summed E-state index contributed by atoms with van der Waals surface area (Å²) in [5, 5.41) is 12.4. The smallest absolute Gasteiger partial charge is 0.137 e. The Morgan fingerprint density at radius 2 is 2.12 bits per heavy atom. The molecule has 0 bridgehead atoms. The zero-order valence-corrected chi connectivity index (χ0v) is 13.1. The molecule has 0 aliphatic rings. The molecule has 0 heterocycles. The first-order valence-electron chi connectivity index (χ1n) is 5.45. The molecule has 96 valence electrons. The van der Waals surface area contributed by atoms with Gasteiger partial charge >= 0.3 is 0 Å². The second kappa shape index (κ2) is 7.36. The monoisotopic (exact) mass is 365 g/mol. The van der Waals surface area contributed by atoms with Gasteiger partial charge in [-0.3, -0.25) is 0 Å². The van der Waals surface area contributed by atoms with E-state index < -0.39 is 0 Å². The van der Waals surface area contributed by atoms with Crippen LogP contribution in [0.4, 0.5) is 0 Å². The van der Waals surface area contributed by atoms with Crippen LogP contribution >= 0.6 is 31.9 Å². The lowest BCUT2D eigenvalue weighted by Crippen LogP contribution is -2.19. The van der Waals surface area contributed by atoms with Gasteiger partial charge in [0.25, 0.3) is 0 Å². The Balaban J connectivity index is 2.63. The third kappa shape index (κ3) is 4.95. The fourth-order valence-corrected chi connectivity index (χ4v) is 2.98. The molecule has 0 spiro atoms. The van der Waals surface area contributed by atoms with Crippen LogP contribution in [0.1, 0.15) is 18.9 Å². The lowest BCUT2D eigenvalue weighted by molar-refractivity contribution is 0.183. The number of nitrogens with one attached hydrogen (secondary N) is 1. The lowest BCUT2D eigenvalue weighted by Gasteiger charge is -2.12. The number of hydrogen-bond acceptors (Lipinski definition) is 3. The van der Waals surface area contributed by atoms with Gasteiger partial charge in [0.2, 0.25) is 0 Å². The first-order valence-corrected chi connectivity index (χ1v) is 7.04. The highest BCUT2D eigenvalue weighted by atomic mass is 79.9. The van der Waals surface area contributed by atoms with Crippen LogP contribution in [0.25, 0.3) is 0 Å². The summed E-state index contributed by atoms with van der Waals surface area (Å²) in [7, 11) is 1.66. The van der Waals surface area contributed by atoms with E-state index in [1.54, 1.807) is 14.0 Å². The minimum Gasteiger partial charge on any atom is -0.495 e. The predicted octanol–water partition coefficient (Wildman–Crippen LogP) is 3.08. The molecule has 1 aromatic rings. The van der Waals surface area contributed by atoms with Crippen LogP contribution in [0, 0.1) is 0 Å². The highest BCUT2D eigenvalue weighted by Gasteiger charge is 2.08. The Kier molecular flexibility index (Phi) is 6.48. The summed E-state index contributed by atoms with van der Waals surface area (Å²) in [6, 6.07) is 3.98. The predicted molar refractivity (Wildman–Crippen MR) is 76.4 cm³/mol. The number of halogens is 2. The van der Waals surface area contributed by atoms with Gasteiger partial charge in [-0.1, -0.05) is 15.9 Å². The van der Waals surface area contributed by atoms with Crippen molar-refractivity contribution in [2.75, 3.05) is 13.7 Å². The summed E-state index contributed by atoms with van der Waals surface area (Å²) in [5.74, 6) is 0.845. The van der Waals surface area contributed by atoms with Crippen molar-refractivity contribution in [1.82, 2.24) is 5.32 Å². The summed E-state index contributed by atoms with van der Waals surface area (Å²) in [4.78, 5) is 0. The largest absolute Gasteiger partial charge is 0.495 e. The van der Waals surface area contributed by atoms with Gasteiger partial charge in [0.1, 0.15) is 5.75 Å².